The molecule has 1 aliphatic rings. The lowest BCUT2D eigenvalue weighted by molar-refractivity contribution is -0.136. The first kappa shape index (κ1) is 17.4. The number of likely N-dealkylation sites (N-methyl/N-ethyl adjacent to an activating group) is 1. The maximum absolute atomic E-state index is 13.1. The molecule has 5 nitrogen and oxygen atoms in total. The number of benzene rings is 1. The average Bonchev–Trinajstić information content (AvgIpc) is 2.64. The zero-order valence-electron chi connectivity index (χ0n) is 15.2. The molecule has 1 fully saturated rings. The van der Waals surface area contributed by atoms with Crippen LogP contribution in [-0.2, 0) is 4.79 Å². The molecule has 132 valence electrons. The van der Waals surface area contributed by atoms with E-state index in [1.165, 1.54) is 5.56 Å². The van der Waals surface area contributed by atoms with Crippen molar-refractivity contribution >= 4 is 11.6 Å². The van der Waals surface area contributed by atoms with E-state index < -0.39 is 0 Å². The molecule has 1 saturated heterocycles. The molecule has 0 radical (unpaired) electrons. The maximum atomic E-state index is 13.1. The van der Waals surface area contributed by atoms with Crippen molar-refractivity contribution in [3.8, 4) is 0 Å². The van der Waals surface area contributed by atoms with Crippen LogP contribution in [0.15, 0.2) is 48.8 Å². The molecule has 1 aromatic heterocycles. The number of nitrogens with zero attached hydrogens (tertiary/aromatic N) is 4. The average molecular weight is 338 g/mol. The SMILES string of the molecule is Cc1ccc([C@H](C(=O)N2CCN(c3cccnc3)CC2)N(C)C)cc1. The lowest BCUT2D eigenvalue weighted by Crippen LogP contribution is -2.51. The minimum absolute atomic E-state index is 0.180. The number of pyridine rings is 1. The van der Waals surface area contributed by atoms with E-state index >= 15 is 0 Å². The molecular formula is C20H26N4O. The molecule has 5 heteroatoms. The number of piperazine rings is 1. The summed E-state index contributed by atoms with van der Waals surface area (Å²) in [4.78, 5) is 23.6. The van der Waals surface area contributed by atoms with Gasteiger partial charge in [-0.15, -0.1) is 0 Å². The van der Waals surface area contributed by atoms with E-state index in [1.54, 1.807) is 6.20 Å². The van der Waals surface area contributed by atoms with Crippen LogP contribution < -0.4 is 4.90 Å². The fourth-order valence-electron chi connectivity index (χ4n) is 3.31. The first-order valence-corrected chi connectivity index (χ1v) is 8.73. The number of amides is 1. The predicted molar refractivity (Wildman–Crippen MR) is 101 cm³/mol. The largest absolute Gasteiger partial charge is 0.367 e. The summed E-state index contributed by atoms with van der Waals surface area (Å²) in [5.41, 5.74) is 3.38. The monoisotopic (exact) mass is 338 g/mol. The highest BCUT2D eigenvalue weighted by molar-refractivity contribution is 5.83. The molecular weight excluding hydrogens is 312 g/mol. The first-order valence-electron chi connectivity index (χ1n) is 8.73. The number of anilines is 1. The van der Waals surface area contributed by atoms with Crippen LogP contribution in [-0.4, -0.2) is 61.0 Å². The van der Waals surface area contributed by atoms with Crippen LogP contribution in [0, 0.1) is 6.92 Å². The molecule has 1 aromatic carbocycles. The van der Waals surface area contributed by atoms with E-state index in [-0.39, 0.29) is 11.9 Å². The number of rotatable bonds is 4. The van der Waals surface area contributed by atoms with Crippen molar-refractivity contribution in [1.29, 1.82) is 0 Å². The maximum Gasteiger partial charge on any atom is 0.244 e. The molecule has 25 heavy (non-hydrogen) atoms. The lowest BCUT2D eigenvalue weighted by atomic mass is 10.0. The standard InChI is InChI=1S/C20H26N4O/c1-16-6-8-17(9-7-16)19(22(2)3)20(25)24-13-11-23(12-14-24)18-5-4-10-21-15-18/h4-10,15,19H,11-14H2,1-3H3/t19-/m1/s1. The van der Waals surface area contributed by atoms with Gasteiger partial charge in [0.05, 0.1) is 11.9 Å². The van der Waals surface area contributed by atoms with Crippen LogP contribution in [0.2, 0.25) is 0 Å². The highest BCUT2D eigenvalue weighted by atomic mass is 16.2. The molecule has 0 N–H and O–H groups in total. The summed E-state index contributed by atoms with van der Waals surface area (Å²) in [7, 11) is 3.93. The molecule has 0 saturated carbocycles. The molecule has 2 heterocycles. The summed E-state index contributed by atoms with van der Waals surface area (Å²) in [5, 5.41) is 0. The van der Waals surface area contributed by atoms with Crippen LogP contribution in [0.1, 0.15) is 17.2 Å². The normalized spacial score (nSPS) is 16.2. The molecule has 0 spiro atoms. The molecule has 3 rings (SSSR count). The summed E-state index contributed by atoms with van der Waals surface area (Å²) >= 11 is 0. The van der Waals surface area contributed by atoms with Gasteiger partial charge in [-0.1, -0.05) is 29.8 Å². The van der Waals surface area contributed by atoms with E-state index in [9.17, 15) is 4.79 Å². The summed E-state index contributed by atoms with van der Waals surface area (Å²) in [6.45, 7) is 5.22. The van der Waals surface area contributed by atoms with Crippen LogP contribution in [0.5, 0.6) is 0 Å². The van der Waals surface area contributed by atoms with Crippen molar-refractivity contribution in [2.75, 3.05) is 45.2 Å². The Morgan fingerprint density at radius 3 is 2.32 bits per heavy atom. The van der Waals surface area contributed by atoms with E-state index in [2.05, 4.69) is 47.1 Å². The van der Waals surface area contributed by atoms with Gasteiger partial charge in [0.25, 0.3) is 0 Å². The van der Waals surface area contributed by atoms with Crippen molar-refractivity contribution in [2.24, 2.45) is 0 Å². The number of aromatic nitrogens is 1. The summed E-state index contributed by atoms with van der Waals surface area (Å²) in [6, 6.07) is 12.0. The van der Waals surface area contributed by atoms with Crippen LogP contribution in [0.25, 0.3) is 0 Å². The molecule has 0 unspecified atom stereocenters. The molecule has 0 aliphatic carbocycles. The predicted octanol–water partition coefficient (Wildman–Crippen LogP) is 2.34. The number of hydrogen-bond acceptors (Lipinski definition) is 4. The van der Waals surface area contributed by atoms with Crippen molar-refractivity contribution in [1.82, 2.24) is 14.8 Å². The Labute approximate surface area is 149 Å². The van der Waals surface area contributed by atoms with Gasteiger partial charge in [-0.25, -0.2) is 0 Å². The van der Waals surface area contributed by atoms with E-state index in [0.717, 1.165) is 37.4 Å². The van der Waals surface area contributed by atoms with Crippen LogP contribution in [0.4, 0.5) is 5.69 Å². The zero-order chi connectivity index (χ0) is 17.8. The number of aryl methyl sites for hydroxylation is 1. The number of carbonyl (C=O) groups excluding carboxylic acids is 1. The van der Waals surface area contributed by atoms with Crippen LogP contribution >= 0.6 is 0 Å². The third kappa shape index (κ3) is 3.99. The topological polar surface area (TPSA) is 39.7 Å². The lowest BCUT2D eigenvalue weighted by Gasteiger charge is -2.38. The van der Waals surface area contributed by atoms with Gasteiger partial charge in [0, 0.05) is 32.4 Å². The Hall–Kier alpha value is -2.40. The third-order valence-electron chi connectivity index (χ3n) is 4.75. The second kappa shape index (κ2) is 7.66. The minimum atomic E-state index is -0.231. The Morgan fingerprint density at radius 1 is 1.08 bits per heavy atom. The zero-order valence-corrected chi connectivity index (χ0v) is 15.2. The van der Waals surface area contributed by atoms with Crippen molar-refractivity contribution in [3.05, 3.63) is 59.9 Å². The van der Waals surface area contributed by atoms with Crippen molar-refractivity contribution < 1.29 is 4.79 Å². The van der Waals surface area contributed by atoms with Crippen LogP contribution in [0.3, 0.4) is 0 Å². The fraction of sp³-hybridized carbons (Fsp3) is 0.400. The fourth-order valence-corrected chi connectivity index (χ4v) is 3.31. The summed E-state index contributed by atoms with van der Waals surface area (Å²) in [6.07, 6.45) is 3.67. The Kier molecular flexibility index (Phi) is 5.34. The van der Waals surface area contributed by atoms with Gasteiger partial charge in [0.2, 0.25) is 5.91 Å². The van der Waals surface area contributed by atoms with Gasteiger partial charge in [0.15, 0.2) is 0 Å². The molecule has 0 bridgehead atoms. The molecule has 1 amide bonds. The second-order valence-corrected chi connectivity index (χ2v) is 6.80. The van der Waals surface area contributed by atoms with Crippen molar-refractivity contribution in [3.63, 3.8) is 0 Å². The highest BCUT2D eigenvalue weighted by Gasteiger charge is 2.30. The Morgan fingerprint density at radius 2 is 1.76 bits per heavy atom. The van der Waals surface area contributed by atoms with Gasteiger partial charge in [-0.2, -0.15) is 0 Å². The Bertz CT molecular complexity index is 691. The molecule has 2 aromatic rings. The first-order chi connectivity index (χ1) is 12.1. The van der Waals surface area contributed by atoms with Gasteiger partial charge >= 0.3 is 0 Å². The minimum Gasteiger partial charge on any atom is -0.367 e. The quantitative estimate of drug-likeness (QED) is 0.858. The number of carbonyl (C=O) groups is 1. The highest BCUT2D eigenvalue weighted by Crippen LogP contribution is 2.23. The molecule has 1 aliphatic heterocycles. The van der Waals surface area contributed by atoms with Gasteiger partial charge in [-0.3, -0.25) is 14.7 Å². The van der Waals surface area contributed by atoms with E-state index in [4.69, 9.17) is 0 Å². The van der Waals surface area contributed by atoms with E-state index in [0.29, 0.717) is 0 Å². The van der Waals surface area contributed by atoms with E-state index in [1.807, 2.05) is 36.2 Å². The second-order valence-electron chi connectivity index (χ2n) is 6.80. The third-order valence-corrected chi connectivity index (χ3v) is 4.75. The smallest absolute Gasteiger partial charge is 0.244 e. The summed E-state index contributed by atoms with van der Waals surface area (Å²) in [5.74, 6) is 0.180. The van der Waals surface area contributed by atoms with Gasteiger partial charge < -0.3 is 9.80 Å². The number of hydrogen-bond donors (Lipinski definition) is 0. The van der Waals surface area contributed by atoms with Gasteiger partial charge in [-0.05, 0) is 38.7 Å². The molecule has 1 atom stereocenters. The summed E-state index contributed by atoms with van der Waals surface area (Å²) < 4.78 is 0. The van der Waals surface area contributed by atoms with Crippen molar-refractivity contribution in [2.45, 2.75) is 13.0 Å². The van der Waals surface area contributed by atoms with Gasteiger partial charge in [0.1, 0.15) is 6.04 Å². The Balaban J connectivity index is 1.68.